The molecule has 2 aromatic carbocycles. The topological polar surface area (TPSA) is 3.88 Å². The molecular formula is C29H40NSi+. The van der Waals surface area contributed by atoms with Crippen LogP contribution in [-0.2, 0) is 12.5 Å². The van der Waals surface area contributed by atoms with Crippen molar-refractivity contribution in [2.24, 2.45) is 7.05 Å². The minimum atomic E-state index is -0.919. The fraction of sp³-hybridized carbons (Fsp3) is 0.483. The second-order valence-corrected chi connectivity index (χ2v) is 17.1. The molecule has 31 heavy (non-hydrogen) atoms. The first-order chi connectivity index (χ1) is 14.5. The summed E-state index contributed by atoms with van der Waals surface area (Å²) in [6, 6.07) is 19.7. The number of nitrogens with zero attached hydrogens (tertiary/aromatic N) is 1. The van der Waals surface area contributed by atoms with Crippen molar-refractivity contribution in [2.45, 2.75) is 84.0 Å². The molecule has 0 atom stereocenters. The maximum atomic E-state index is 2.56. The van der Waals surface area contributed by atoms with Crippen molar-refractivity contribution in [3.8, 4) is 11.3 Å². The number of benzene rings is 2. The van der Waals surface area contributed by atoms with Crippen LogP contribution in [-0.4, -0.2) is 8.07 Å². The van der Waals surface area contributed by atoms with Gasteiger partial charge in [0.05, 0.1) is 10.9 Å². The molecule has 1 aliphatic heterocycles. The molecule has 0 bridgehead atoms. The Hall–Kier alpha value is -1.93. The highest BCUT2D eigenvalue weighted by Gasteiger charge is 2.30. The maximum absolute atomic E-state index is 2.56. The maximum Gasteiger partial charge on any atom is 0.220 e. The van der Waals surface area contributed by atoms with E-state index in [1.54, 1.807) is 5.56 Å². The SMILES string of the molecule is Cc1ccc(C(C)(C)C)cc1-c1c2ccc(C3CC[Si](C)(C)CC3)cc2cc(C)[n+]1C. The summed E-state index contributed by atoms with van der Waals surface area (Å²) >= 11 is 0. The number of fused-ring (bicyclic) bond motifs is 1. The predicted molar refractivity (Wildman–Crippen MR) is 138 cm³/mol. The Morgan fingerprint density at radius 2 is 1.58 bits per heavy atom. The second kappa shape index (κ2) is 7.88. The highest BCUT2D eigenvalue weighted by Crippen LogP contribution is 2.40. The van der Waals surface area contributed by atoms with Crippen LogP contribution in [0.5, 0.6) is 0 Å². The molecule has 4 rings (SSSR count). The normalized spacial score (nSPS) is 17.3. The molecule has 2 heteroatoms. The van der Waals surface area contributed by atoms with Crippen LogP contribution in [0.1, 0.15) is 61.9 Å². The minimum Gasteiger partial charge on any atom is -0.198 e. The van der Waals surface area contributed by atoms with E-state index in [2.05, 4.69) is 102 Å². The van der Waals surface area contributed by atoms with Gasteiger partial charge in [0, 0.05) is 21.1 Å². The molecule has 0 N–H and O–H groups in total. The van der Waals surface area contributed by atoms with Crippen LogP contribution < -0.4 is 4.57 Å². The Kier molecular flexibility index (Phi) is 5.66. The van der Waals surface area contributed by atoms with Crippen LogP contribution in [0.4, 0.5) is 0 Å². The lowest BCUT2D eigenvalue weighted by Crippen LogP contribution is -2.35. The smallest absolute Gasteiger partial charge is 0.198 e. The third-order valence-electron chi connectivity index (χ3n) is 7.73. The van der Waals surface area contributed by atoms with E-state index in [1.807, 2.05) is 0 Å². The number of aromatic nitrogens is 1. The van der Waals surface area contributed by atoms with Crippen molar-refractivity contribution in [3.05, 3.63) is 64.8 Å². The zero-order valence-corrected chi connectivity index (χ0v) is 21.9. The highest BCUT2D eigenvalue weighted by atomic mass is 28.3. The zero-order chi connectivity index (χ0) is 22.6. The fourth-order valence-corrected chi connectivity index (χ4v) is 7.76. The summed E-state index contributed by atoms with van der Waals surface area (Å²) in [5.74, 6) is 0.744. The third-order valence-corrected chi connectivity index (χ3v) is 11.0. The van der Waals surface area contributed by atoms with Gasteiger partial charge in [-0.3, -0.25) is 0 Å². The molecule has 1 nitrogen and oxygen atoms in total. The lowest BCUT2D eigenvalue weighted by atomic mass is 9.84. The number of aryl methyl sites for hydroxylation is 2. The van der Waals surface area contributed by atoms with Gasteiger partial charge in [-0.25, -0.2) is 0 Å². The Labute approximate surface area is 190 Å². The number of hydrogen-bond donors (Lipinski definition) is 0. The van der Waals surface area contributed by atoms with Gasteiger partial charge in [0.1, 0.15) is 7.05 Å². The van der Waals surface area contributed by atoms with E-state index in [-0.39, 0.29) is 5.41 Å². The Morgan fingerprint density at radius 3 is 2.23 bits per heavy atom. The molecule has 3 aromatic rings. The van der Waals surface area contributed by atoms with Gasteiger partial charge in [-0.1, -0.05) is 70.2 Å². The average Bonchev–Trinajstić information content (AvgIpc) is 2.69. The van der Waals surface area contributed by atoms with Crippen LogP contribution in [0.15, 0.2) is 42.5 Å². The van der Waals surface area contributed by atoms with Crippen molar-refractivity contribution < 1.29 is 4.57 Å². The summed E-state index contributed by atoms with van der Waals surface area (Å²) in [7, 11) is 1.30. The zero-order valence-electron chi connectivity index (χ0n) is 20.9. The van der Waals surface area contributed by atoms with E-state index in [0.29, 0.717) is 0 Å². The van der Waals surface area contributed by atoms with E-state index in [0.717, 1.165) is 5.92 Å². The molecule has 0 spiro atoms. The Balaban J connectivity index is 1.85. The lowest BCUT2D eigenvalue weighted by molar-refractivity contribution is -0.665. The third kappa shape index (κ3) is 4.37. The molecule has 1 saturated heterocycles. The van der Waals surface area contributed by atoms with Crippen molar-refractivity contribution in [3.63, 3.8) is 0 Å². The predicted octanol–water partition coefficient (Wildman–Crippen LogP) is 7.83. The standard InChI is InChI=1S/C29H40NSi/c1-20-9-11-25(29(3,4)5)19-27(20)28-26-12-10-23(18-24(26)17-21(2)30(28)6)22-13-15-31(7,8)16-14-22/h9-12,17-19,22H,13-16H2,1-8H3/q+1. The van der Waals surface area contributed by atoms with Crippen LogP contribution in [0.2, 0.25) is 25.2 Å². The largest absolute Gasteiger partial charge is 0.220 e. The quantitative estimate of drug-likeness (QED) is 0.288. The van der Waals surface area contributed by atoms with Crippen LogP contribution >= 0.6 is 0 Å². The molecule has 1 aliphatic rings. The second-order valence-electron chi connectivity index (χ2n) is 11.8. The number of hydrogen-bond acceptors (Lipinski definition) is 0. The van der Waals surface area contributed by atoms with E-state index in [4.69, 9.17) is 0 Å². The lowest BCUT2D eigenvalue weighted by Gasteiger charge is -2.33. The van der Waals surface area contributed by atoms with Gasteiger partial charge in [-0.15, -0.1) is 0 Å². The molecular weight excluding hydrogens is 390 g/mol. The van der Waals surface area contributed by atoms with Gasteiger partial charge < -0.3 is 0 Å². The monoisotopic (exact) mass is 430 g/mol. The molecule has 164 valence electrons. The number of rotatable bonds is 2. The first-order valence-electron chi connectivity index (χ1n) is 12.0. The van der Waals surface area contributed by atoms with E-state index in [1.165, 1.54) is 63.8 Å². The molecule has 2 heterocycles. The first kappa shape index (κ1) is 22.3. The first-order valence-corrected chi connectivity index (χ1v) is 15.4. The van der Waals surface area contributed by atoms with Gasteiger partial charge in [0.15, 0.2) is 5.69 Å². The summed E-state index contributed by atoms with van der Waals surface area (Å²) in [5.41, 5.74) is 8.47. The van der Waals surface area contributed by atoms with Gasteiger partial charge >= 0.3 is 0 Å². The van der Waals surface area contributed by atoms with Crippen LogP contribution in [0, 0.1) is 13.8 Å². The number of pyridine rings is 1. The Morgan fingerprint density at radius 1 is 0.903 bits per heavy atom. The van der Waals surface area contributed by atoms with Crippen LogP contribution in [0.25, 0.3) is 22.0 Å². The molecule has 0 unspecified atom stereocenters. The van der Waals surface area contributed by atoms with E-state index >= 15 is 0 Å². The molecule has 0 aliphatic carbocycles. The molecule has 1 aromatic heterocycles. The van der Waals surface area contributed by atoms with Gasteiger partial charge in [-0.2, -0.15) is 4.57 Å². The molecule has 1 fully saturated rings. The molecule has 0 saturated carbocycles. The highest BCUT2D eigenvalue weighted by molar-refractivity contribution is 6.77. The average molecular weight is 431 g/mol. The molecule has 0 amide bonds. The Bertz CT molecular complexity index is 1120. The van der Waals surface area contributed by atoms with E-state index < -0.39 is 8.07 Å². The van der Waals surface area contributed by atoms with Crippen molar-refractivity contribution in [2.75, 3.05) is 0 Å². The van der Waals surface area contributed by atoms with Crippen molar-refractivity contribution in [1.82, 2.24) is 0 Å². The van der Waals surface area contributed by atoms with Gasteiger partial charge in [0.2, 0.25) is 5.69 Å². The van der Waals surface area contributed by atoms with Gasteiger partial charge in [0.25, 0.3) is 0 Å². The summed E-state index contributed by atoms with van der Waals surface area (Å²) in [5, 5.41) is 2.77. The summed E-state index contributed by atoms with van der Waals surface area (Å²) in [6.07, 6.45) is 2.76. The fourth-order valence-electron chi connectivity index (χ4n) is 5.25. The summed E-state index contributed by atoms with van der Waals surface area (Å²) in [6.45, 7) is 16.5. The van der Waals surface area contributed by atoms with Crippen molar-refractivity contribution >= 4 is 18.8 Å². The van der Waals surface area contributed by atoms with Crippen LogP contribution in [0.3, 0.4) is 0 Å². The minimum absolute atomic E-state index is 0.145. The van der Waals surface area contributed by atoms with Crippen molar-refractivity contribution in [1.29, 1.82) is 0 Å². The van der Waals surface area contributed by atoms with E-state index in [9.17, 15) is 0 Å². The van der Waals surface area contributed by atoms with Gasteiger partial charge in [-0.05, 0) is 65.3 Å². The summed E-state index contributed by atoms with van der Waals surface area (Å²) < 4.78 is 2.38. The molecule has 0 radical (unpaired) electrons. The summed E-state index contributed by atoms with van der Waals surface area (Å²) in [4.78, 5) is 0.